The van der Waals surface area contributed by atoms with Gasteiger partial charge in [0.25, 0.3) is 5.91 Å². The molecule has 2 aliphatic heterocycles. The molecule has 0 radical (unpaired) electrons. The third kappa shape index (κ3) is 2.45. The minimum atomic E-state index is -0.0404. The van der Waals surface area contributed by atoms with E-state index in [1.165, 1.54) is 5.56 Å². The Morgan fingerprint density at radius 2 is 1.89 bits per heavy atom. The molecule has 3 heterocycles. The molecule has 2 aromatic carbocycles. The number of anilines is 2. The molecule has 0 bridgehead atoms. The maximum Gasteiger partial charge on any atom is 0.251 e. The average molecular weight is 372 g/mol. The van der Waals surface area contributed by atoms with Crippen molar-refractivity contribution < 1.29 is 9.32 Å². The van der Waals surface area contributed by atoms with Gasteiger partial charge in [-0.25, -0.2) is 0 Å². The van der Waals surface area contributed by atoms with E-state index in [0.717, 1.165) is 16.9 Å². The minimum absolute atomic E-state index is 0.00747. The van der Waals surface area contributed by atoms with Gasteiger partial charge in [-0.2, -0.15) is 4.98 Å². The first-order chi connectivity index (χ1) is 13.7. The van der Waals surface area contributed by atoms with Crippen LogP contribution in [0, 0.1) is 0 Å². The highest BCUT2D eigenvalue weighted by atomic mass is 16.5. The minimum Gasteiger partial charge on any atom is -0.365 e. The van der Waals surface area contributed by atoms with Crippen molar-refractivity contribution in [1.82, 2.24) is 10.1 Å². The van der Waals surface area contributed by atoms with Crippen LogP contribution in [-0.2, 0) is 11.2 Å². The predicted molar refractivity (Wildman–Crippen MR) is 107 cm³/mol. The van der Waals surface area contributed by atoms with Crippen molar-refractivity contribution >= 4 is 17.3 Å². The van der Waals surface area contributed by atoms with Gasteiger partial charge in [0.1, 0.15) is 0 Å². The monoisotopic (exact) mass is 372 g/mol. The van der Waals surface area contributed by atoms with Gasteiger partial charge >= 0.3 is 0 Å². The lowest BCUT2D eigenvalue weighted by Crippen LogP contribution is -2.44. The van der Waals surface area contributed by atoms with E-state index in [9.17, 15) is 4.79 Å². The van der Waals surface area contributed by atoms with Gasteiger partial charge in [-0.3, -0.25) is 9.69 Å². The summed E-state index contributed by atoms with van der Waals surface area (Å²) in [4.78, 5) is 21.3. The number of fused-ring (bicyclic) bond motifs is 3. The largest absolute Gasteiger partial charge is 0.365 e. The zero-order valence-electron chi connectivity index (χ0n) is 15.7. The first-order valence-corrected chi connectivity index (χ1v) is 9.43. The number of amides is 1. The number of carbonyl (C=O) groups is 1. The maximum absolute atomic E-state index is 12.8. The van der Waals surface area contributed by atoms with Crippen LogP contribution in [0.5, 0.6) is 0 Å². The second-order valence-electron chi connectivity index (χ2n) is 7.08. The van der Waals surface area contributed by atoms with Gasteiger partial charge < -0.3 is 9.42 Å². The van der Waals surface area contributed by atoms with Crippen molar-refractivity contribution in [3.63, 3.8) is 0 Å². The Kier molecular flexibility index (Phi) is 3.79. The topological polar surface area (TPSA) is 62.5 Å². The highest BCUT2D eigenvalue weighted by Gasteiger charge is 2.43. The van der Waals surface area contributed by atoms with Crippen LogP contribution in [0.3, 0.4) is 0 Å². The van der Waals surface area contributed by atoms with Crippen LogP contribution in [0.1, 0.15) is 24.4 Å². The molecule has 5 rings (SSSR count). The lowest BCUT2D eigenvalue weighted by Gasteiger charge is -2.36. The first-order valence-electron chi connectivity index (χ1n) is 9.43. The highest BCUT2D eigenvalue weighted by Crippen LogP contribution is 2.45. The van der Waals surface area contributed by atoms with E-state index in [4.69, 9.17) is 4.52 Å². The van der Waals surface area contributed by atoms with Crippen molar-refractivity contribution in [2.24, 2.45) is 0 Å². The van der Waals surface area contributed by atoms with E-state index in [2.05, 4.69) is 34.2 Å². The van der Waals surface area contributed by atoms with Crippen LogP contribution in [-0.4, -0.2) is 29.1 Å². The van der Waals surface area contributed by atoms with E-state index in [0.29, 0.717) is 18.1 Å². The van der Waals surface area contributed by atoms with Crippen LogP contribution in [0.2, 0.25) is 0 Å². The quantitative estimate of drug-likeness (QED) is 0.700. The molecule has 2 atom stereocenters. The van der Waals surface area contributed by atoms with Gasteiger partial charge in [0.2, 0.25) is 11.7 Å². The number of para-hydroxylation sites is 1. The summed E-state index contributed by atoms with van der Waals surface area (Å²) >= 11 is 0. The molecule has 140 valence electrons. The predicted octanol–water partition coefficient (Wildman–Crippen LogP) is 3.76. The molecule has 1 amide bonds. The number of hydrogen-bond acceptors (Lipinski definition) is 5. The van der Waals surface area contributed by atoms with E-state index < -0.39 is 0 Å². The van der Waals surface area contributed by atoms with E-state index in [1.807, 2.05) is 54.3 Å². The number of rotatable bonds is 3. The molecular weight excluding hydrogens is 352 g/mol. The first kappa shape index (κ1) is 16.7. The van der Waals surface area contributed by atoms with Crippen molar-refractivity contribution in [1.29, 1.82) is 0 Å². The second-order valence-corrected chi connectivity index (χ2v) is 7.08. The number of aromatic nitrogens is 2. The van der Waals surface area contributed by atoms with Crippen LogP contribution >= 0.6 is 0 Å². The standard InChI is InChI=1S/C22H20N4O2/c1-3-19-23-22(24-28-19)14-8-10-15(11-9-14)26-20(27)13-12-18-21(26)16-6-4-5-7-17(16)25(18)2/h4-13,18,21H,3H2,1-2H3. The summed E-state index contributed by atoms with van der Waals surface area (Å²) < 4.78 is 5.20. The van der Waals surface area contributed by atoms with Gasteiger partial charge in [-0.1, -0.05) is 36.4 Å². The number of carbonyl (C=O) groups excluding carboxylic acids is 1. The molecule has 6 nitrogen and oxygen atoms in total. The molecule has 2 aliphatic rings. The molecule has 3 aromatic rings. The number of nitrogens with zero attached hydrogens (tertiary/aromatic N) is 4. The number of hydrogen-bond donors (Lipinski definition) is 0. The molecule has 28 heavy (non-hydrogen) atoms. The summed E-state index contributed by atoms with van der Waals surface area (Å²) in [5, 5.41) is 4.02. The number of benzene rings is 2. The normalized spacial score (nSPS) is 20.4. The number of aryl methyl sites for hydroxylation is 1. The molecule has 0 fully saturated rings. The zero-order valence-corrected chi connectivity index (χ0v) is 15.7. The molecule has 0 aliphatic carbocycles. The highest BCUT2D eigenvalue weighted by molar-refractivity contribution is 6.04. The smallest absolute Gasteiger partial charge is 0.251 e. The fourth-order valence-corrected chi connectivity index (χ4v) is 4.11. The number of likely N-dealkylation sites (N-methyl/N-ethyl adjacent to an activating group) is 1. The lowest BCUT2D eigenvalue weighted by molar-refractivity contribution is -0.115. The Hall–Kier alpha value is -3.41. The van der Waals surface area contributed by atoms with Gasteiger partial charge in [-0.15, -0.1) is 0 Å². The fourth-order valence-electron chi connectivity index (χ4n) is 4.11. The van der Waals surface area contributed by atoms with Gasteiger partial charge in [-0.05, 0) is 30.3 Å². The van der Waals surface area contributed by atoms with Crippen molar-refractivity contribution in [3.8, 4) is 11.4 Å². The Bertz CT molecular complexity index is 1070. The molecular formula is C22H20N4O2. The molecule has 6 heteroatoms. The molecule has 1 aromatic heterocycles. The molecule has 2 unspecified atom stereocenters. The Morgan fingerprint density at radius 3 is 2.64 bits per heavy atom. The third-order valence-electron chi connectivity index (χ3n) is 5.53. The summed E-state index contributed by atoms with van der Waals surface area (Å²) in [5.74, 6) is 1.17. The molecule has 0 spiro atoms. The van der Waals surface area contributed by atoms with Crippen LogP contribution in [0.15, 0.2) is 65.2 Å². The summed E-state index contributed by atoms with van der Waals surface area (Å²) in [7, 11) is 2.08. The van der Waals surface area contributed by atoms with E-state index >= 15 is 0 Å². The van der Waals surface area contributed by atoms with Gasteiger partial charge in [0, 0.05) is 42.0 Å². The maximum atomic E-state index is 12.8. The molecule has 0 saturated heterocycles. The van der Waals surface area contributed by atoms with Gasteiger partial charge in [0.05, 0.1) is 12.1 Å². The van der Waals surface area contributed by atoms with Crippen LogP contribution in [0.4, 0.5) is 11.4 Å². The van der Waals surface area contributed by atoms with E-state index in [1.54, 1.807) is 6.08 Å². The third-order valence-corrected chi connectivity index (χ3v) is 5.53. The Labute approximate surface area is 163 Å². The van der Waals surface area contributed by atoms with Crippen LogP contribution in [0.25, 0.3) is 11.4 Å². The van der Waals surface area contributed by atoms with Crippen molar-refractivity contribution in [2.75, 3.05) is 16.8 Å². The Balaban J connectivity index is 1.53. The summed E-state index contributed by atoms with van der Waals surface area (Å²) in [6.07, 6.45) is 4.38. The molecule has 0 N–H and O–H groups in total. The molecule has 0 saturated carbocycles. The second kappa shape index (κ2) is 6.34. The van der Waals surface area contributed by atoms with Crippen molar-refractivity contribution in [3.05, 3.63) is 72.1 Å². The Morgan fingerprint density at radius 1 is 1.11 bits per heavy atom. The van der Waals surface area contributed by atoms with Crippen molar-refractivity contribution in [2.45, 2.75) is 25.4 Å². The van der Waals surface area contributed by atoms with Gasteiger partial charge in [0.15, 0.2) is 0 Å². The average Bonchev–Trinajstić information content (AvgIpc) is 3.32. The SMILES string of the molecule is CCc1nc(-c2ccc(N3C(=O)C=CC4C3c3ccccc3N4C)cc2)no1. The fraction of sp³-hybridized carbons (Fsp3) is 0.227. The zero-order chi connectivity index (χ0) is 19.3. The lowest BCUT2D eigenvalue weighted by atomic mass is 9.97. The van der Waals surface area contributed by atoms with Crippen LogP contribution < -0.4 is 9.80 Å². The summed E-state index contributed by atoms with van der Waals surface area (Å²) in [6.45, 7) is 1.97. The summed E-state index contributed by atoms with van der Waals surface area (Å²) in [5.41, 5.74) is 4.06. The summed E-state index contributed by atoms with van der Waals surface area (Å²) in [6, 6.07) is 16.1. The van der Waals surface area contributed by atoms with E-state index in [-0.39, 0.29) is 18.0 Å².